The first-order valence-electron chi connectivity index (χ1n) is 7.69. The molecular formula is C16H22N4O2S. The molecule has 0 radical (unpaired) electrons. The van der Waals surface area contributed by atoms with Crippen LogP contribution >= 0.6 is 0 Å². The van der Waals surface area contributed by atoms with Gasteiger partial charge in [-0.05, 0) is 31.0 Å². The summed E-state index contributed by atoms with van der Waals surface area (Å²) in [6.45, 7) is 6.54. The molecule has 0 amide bonds. The molecule has 0 saturated carbocycles. The van der Waals surface area contributed by atoms with Gasteiger partial charge in [0.05, 0.1) is 6.20 Å². The average molecular weight is 334 g/mol. The monoisotopic (exact) mass is 334 g/mol. The van der Waals surface area contributed by atoms with Gasteiger partial charge in [-0.15, -0.1) is 0 Å². The van der Waals surface area contributed by atoms with Gasteiger partial charge in [-0.25, -0.2) is 8.42 Å². The van der Waals surface area contributed by atoms with E-state index >= 15 is 0 Å². The van der Waals surface area contributed by atoms with E-state index in [9.17, 15) is 8.42 Å². The van der Waals surface area contributed by atoms with Crippen molar-refractivity contribution in [2.24, 2.45) is 7.05 Å². The molecule has 1 saturated heterocycles. The Bertz CT molecular complexity index is 805. The smallest absolute Gasteiger partial charge is 0.246 e. The van der Waals surface area contributed by atoms with Crippen molar-refractivity contribution in [3.8, 4) is 0 Å². The quantitative estimate of drug-likeness (QED) is 0.854. The normalized spacial score (nSPS) is 16.7. The highest BCUT2D eigenvalue weighted by atomic mass is 32.2. The lowest BCUT2D eigenvalue weighted by Crippen LogP contribution is -2.48. The first-order valence-corrected chi connectivity index (χ1v) is 9.13. The highest BCUT2D eigenvalue weighted by molar-refractivity contribution is 7.89. The lowest BCUT2D eigenvalue weighted by Gasteiger charge is -2.36. The van der Waals surface area contributed by atoms with Crippen molar-refractivity contribution in [1.82, 2.24) is 14.1 Å². The maximum Gasteiger partial charge on any atom is 0.246 e. The predicted molar refractivity (Wildman–Crippen MR) is 90.1 cm³/mol. The highest BCUT2D eigenvalue weighted by Gasteiger charge is 2.29. The number of benzene rings is 1. The second kappa shape index (κ2) is 5.98. The summed E-state index contributed by atoms with van der Waals surface area (Å²) in [4.78, 5) is 2.53. The summed E-state index contributed by atoms with van der Waals surface area (Å²) in [5.41, 5.74) is 3.64. The highest BCUT2D eigenvalue weighted by Crippen LogP contribution is 2.24. The maximum atomic E-state index is 12.6. The van der Waals surface area contributed by atoms with Crippen molar-refractivity contribution < 1.29 is 8.42 Å². The lowest BCUT2D eigenvalue weighted by molar-refractivity contribution is 0.384. The van der Waals surface area contributed by atoms with Gasteiger partial charge in [0.25, 0.3) is 0 Å². The number of rotatable bonds is 3. The fourth-order valence-corrected chi connectivity index (χ4v) is 4.32. The molecule has 0 unspecified atom stereocenters. The zero-order valence-corrected chi connectivity index (χ0v) is 14.5. The standard InChI is InChI=1S/C16H22N4O2S/c1-13-4-5-14(2)16(10-13)19-6-8-20(9-7-19)23(21,22)15-11-17-18(3)12-15/h4-5,10-12H,6-9H2,1-3H3. The van der Waals surface area contributed by atoms with Gasteiger partial charge in [0.1, 0.15) is 4.90 Å². The van der Waals surface area contributed by atoms with Crippen LogP contribution in [0.5, 0.6) is 0 Å². The summed E-state index contributed by atoms with van der Waals surface area (Å²) in [6, 6.07) is 6.38. The largest absolute Gasteiger partial charge is 0.369 e. The summed E-state index contributed by atoms with van der Waals surface area (Å²) in [5, 5.41) is 3.96. The Morgan fingerprint density at radius 1 is 1.09 bits per heavy atom. The third kappa shape index (κ3) is 3.11. The van der Waals surface area contributed by atoms with Crippen molar-refractivity contribution in [2.45, 2.75) is 18.7 Å². The number of aromatic nitrogens is 2. The molecule has 7 heteroatoms. The van der Waals surface area contributed by atoms with Crippen LogP contribution in [-0.4, -0.2) is 48.7 Å². The summed E-state index contributed by atoms with van der Waals surface area (Å²) in [5.74, 6) is 0. The van der Waals surface area contributed by atoms with Crippen LogP contribution in [0.25, 0.3) is 0 Å². The number of hydrogen-bond acceptors (Lipinski definition) is 4. The van der Waals surface area contributed by atoms with E-state index in [0.717, 1.165) is 0 Å². The molecule has 2 heterocycles. The van der Waals surface area contributed by atoms with Gasteiger partial charge < -0.3 is 4.90 Å². The van der Waals surface area contributed by atoms with Gasteiger partial charge in [-0.3, -0.25) is 4.68 Å². The molecule has 23 heavy (non-hydrogen) atoms. The van der Waals surface area contributed by atoms with Crippen LogP contribution in [0.2, 0.25) is 0 Å². The Kier molecular flexibility index (Phi) is 4.16. The molecule has 6 nitrogen and oxygen atoms in total. The number of hydrogen-bond donors (Lipinski definition) is 0. The zero-order chi connectivity index (χ0) is 16.6. The summed E-state index contributed by atoms with van der Waals surface area (Å²) < 4.78 is 28.3. The first-order chi connectivity index (χ1) is 10.9. The minimum absolute atomic E-state index is 0.264. The molecule has 0 atom stereocenters. The second-order valence-corrected chi connectivity index (χ2v) is 7.97. The summed E-state index contributed by atoms with van der Waals surface area (Å²) in [6.07, 6.45) is 2.96. The van der Waals surface area contributed by atoms with E-state index in [2.05, 4.69) is 42.0 Å². The van der Waals surface area contributed by atoms with Crippen molar-refractivity contribution in [3.63, 3.8) is 0 Å². The third-order valence-electron chi connectivity index (χ3n) is 4.26. The third-order valence-corrected chi connectivity index (χ3v) is 6.11. The van der Waals surface area contributed by atoms with Crippen LogP contribution in [0, 0.1) is 13.8 Å². The number of nitrogens with zero attached hydrogens (tertiary/aromatic N) is 4. The molecule has 1 aliphatic heterocycles. The van der Waals surface area contributed by atoms with Crippen molar-refractivity contribution >= 4 is 15.7 Å². The van der Waals surface area contributed by atoms with Gasteiger partial charge in [0, 0.05) is 45.1 Å². The van der Waals surface area contributed by atoms with E-state index < -0.39 is 10.0 Å². The second-order valence-electron chi connectivity index (χ2n) is 6.03. The SMILES string of the molecule is Cc1ccc(C)c(N2CCN(S(=O)(=O)c3cnn(C)c3)CC2)c1. The van der Waals surface area contributed by atoms with Gasteiger partial charge in [-0.1, -0.05) is 12.1 Å². The minimum atomic E-state index is -3.44. The molecule has 2 aromatic rings. The maximum absolute atomic E-state index is 12.6. The van der Waals surface area contributed by atoms with Crippen LogP contribution in [0.4, 0.5) is 5.69 Å². The lowest BCUT2D eigenvalue weighted by atomic mass is 10.1. The minimum Gasteiger partial charge on any atom is -0.369 e. The van der Waals surface area contributed by atoms with Crippen molar-refractivity contribution in [3.05, 3.63) is 41.7 Å². The molecular weight excluding hydrogens is 312 g/mol. The Morgan fingerprint density at radius 3 is 2.39 bits per heavy atom. The first kappa shape index (κ1) is 16.0. The molecule has 0 spiro atoms. The fraction of sp³-hybridized carbons (Fsp3) is 0.438. The van der Waals surface area contributed by atoms with Crippen LogP contribution in [0.1, 0.15) is 11.1 Å². The van der Waals surface area contributed by atoms with Crippen LogP contribution in [0.3, 0.4) is 0 Å². The van der Waals surface area contributed by atoms with E-state index in [4.69, 9.17) is 0 Å². The number of anilines is 1. The topological polar surface area (TPSA) is 58.4 Å². The summed E-state index contributed by atoms with van der Waals surface area (Å²) >= 11 is 0. The van der Waals surface area contributed by atoms with E-state index in [0.29, 0.717) is 26.2 Å². The molecule has 1 aromatic carbocycles. The van der Waals surface area contributed by atoms with E-state index in [-0.39, 0.29) is 4.90 Å². The van der Waals surface area contributed by atoms with Crippen LogP contribution in [0.15, 0.2) is 35.5 Å². The molecule has 124 valence electrons. The Morgan fingerprint density at radius 2 is 1.78 bits per heavy atom. The molecule has 0 aliphatic carbocycles. The molecule has 1 fully saturated rings. The van der Waals surface area contributed by atoms with E-state index in [1.54, 1.807) is 17.5 Å². The van der Waals surface area contributed by atoms with Gasteiger partial charge in [0.2, 0.25) is 10.0 Å². The van der Waals surface area contributed by atoms with Gasteiger partial charge in [0.15, 0.2) is 0 Å². The fourth-order valence-electron chi connectivity index (χ4n) is 2.91. The zero-order valence-electron chi connectivity index (χ0n) is 13.7. The molecule has 3 rings (SSSR count). The summed E-state index contributed by atoms with van der Waals surface area (Å²) in [7, 11) is -1.72. The van der Waals surface area contributed by atoms with E-state index in [1.807, 2.05) is 0 Å². The number of piperazine rings is 1. The molecule has 1 aliphatic rings. The molecule has 1 aromatic heterocycles. The van der Waals surface area contributed by atoms with Crippen LogP contribution < -0.4 is 4.90 Å². The van der Waals surface area contributed by atoms with Crippen LogP contribution in [-0.2, 0) is 17.1 Å². The Labute approximate surface area is 137 Å². The molecule has 0 bridgehead atoms. The number of sulfonamides is 1. The van der Waals surface area contributed by atoms with Crippen molar-refractivity contribution in [2.75, 3.05) is 31.1 Å². The van der Waals surface area contributed by atoms with Gasteiger partial charge >= 0.3 is 0 Å². The number of aryl methyl sites for hydroxylation is 3. The van der Waals surface area contributed by atoms with Gasteiger partial charge in [-0.2, -0.15) is 9.40 Å². The Hall–Kier alpha value is -1.86. The predicted octanol–water partition coefficient (Wildman–Crippen LogP) is 1.55. The van der Waals surface area contributed by atoms with E-state index in [1.165, 1.54) is 27.7 Å². The van der Waals surface area contributed by atoms with Crippen molar-refractivity contribution in [1.29, 1.82) is 0 Å². The molecule has 0 N–H and O–H groups in total. The average Bonchev–Trinajstić information content (AvgIpc) is 2.97. The Balaban J connectivity index is 1.75.